The lowest BCUT2D eigenvalue weighted by molar-refractivity contribution is -0.384. The molecular weight excluding hydrogens is 524 g/mol. The standard InChI is InChI=1S/C24H29ClN4O7S/c1-24(2,36-19-5-3-18(25)4-6-19)23(30)27-11-9-26(10-12-27)21-8-7-20(17-22(21)29(31)32)37(33,34)28-13-15-35-16-14-28/h3-8,17H,9-16H2,1-2H3. The van der Waals surface area contributed by atoms with Gasteiger partial charge in [0.1, 0.15) is 11.4 Å². The summed E-state index contributed by atoms with van der Waals surface area (Å²) in [5.74, 6) is 0.313. The highest BCUT2D eigenvalue weighted by Crippen LogP contribution is 2.33. The predicted molar refractivity (Wildman–Crippen MR) is 138 cm³/mol. The highest BCUT2D eigenvalue weighted by atomic mass is 35.5. The molecule has 0 radical (unpaired) electrons. The monoisotopic (exact) mass is 552 g/mol. The number of hydrogen-bond acceptors (Lipinski definition) is 8. The molecule has 2 aromatic carbocycles. The van der Waals surface area contributed by atoms with E-state index in [1.165, 1.54) is 16.4 Å². The van der Waals surface area contributed by atoms with Gasteiger partial charge in [-0.1, -0.05) is 11.6 Å². The fourth-order valence-electron chi connectivity index (χ4n) is 4.39. The molecule has 2 aliphatic rings. The van der Waals surface area contributed by atoms with E-state index in [0.717, 1.165) is 6.07 Å². The summed E-state index contributed by atoms with van der Waals surface area (Å²) in [6.45, 7) is 5.70. The summed E-state index contributed by atoms with van der Waals surface area (Å²) in [7, 11) is -3.87. The number of anilines is 1. The fourth-order valence-corrected chi connectivity index (χ4v) is 5.94. The number of piperazine rings is 1. The first-order valence-electron chi connectivity index (χ1n) is 11.8. The first-order valence-corrected chi connectivity index (χ1v) is 13.7. The molecule has 0 aromatic heterocycles. The van der Waals surface area contributed by atoms with Crippen LogP contribution in [0.2, 0.25) is 5.02 Å². The normalized spacial score (nSPS) is 17.5. The molecule has 0 spiro atoms. The molecule has 0 N–H and O–H groups in total. The number of hydrogen-bond donors (Lipinski definition) is 0. The second kappa shape index (κ2) is 10.8. The quantitative estimate of drug-likeness (QED) is 0.379. The zero-order valence-electron chi connectivity index (χ0n) is 20.6. The third kappa shape index (κ3) is 5.98. The molecule has 200 valence electrons. The van der Waals surface area contributed by atoms with E-state index in [9.17, 15) is 23.3 Å². The molecule has 13 heteroatoms. The van der Waals surface area contributed by atoms with Crippen LogP contribution in [0.1, 0.15) is 13.8 Å². The third-order valence-electron chi connectivity index (χ3n) is 6.36. The SMILES string of the molecule is CC(C)(Oc1ccc(Cl)cc1)C(=O)N1CCN(c2ccc(S(=O)(=O)N3CCOCC3)cc2[N+](=O)[O-])CC1. The van der Waals surface area contributed by atoms with Crippen molar-refractivity contribution in [2.75, 3.05) is 57.4 Å². The lowest BCUT2D eigenvalue weighted by Crippen LogP contribution is -2.55. The van der Waals surface area contributed by atoms with Crippen LogP contribution in [0.15, 0.2) is 47.4 Å². The van der Waals surface area contributed by atoms with Gasteiger partial charge in [-0.25, -0.2) is 8.42 Å². The maximum atomic E-state index is 13.2. The van der Waals surface area contributed by atoms with Crippen LogP contribution in [0.25, 0.3) is 0 Å². The van der Waals surface area contributed by atoms with Gasteiger partial charge in [0, 0.05) is 50.4 Å². The van der Waals surface area contributed by atoms with Crippen LogP contribution in [0.5, 0.6) is 5.75 Å². The van der Waals surface area contributed by atoms with Gasteiger partial charge in [0.25, 0.3) is 11.6 Å². The van der Waals surface area contributed by atoms with Crippen LogP contribution < -0.4 is 9.64 Å². The summed E-state index contributed by atoms with van der Waals surface area (Å²) >= 11 is 5.91. The molecule has 0 bridgehead atoms. The minimum absolute atomic E-state index is 0.125. The number of morpholine rings is 1. The number of benzene rings is 2. The molecule has 2 heterocycles. The molecule has 11 nitrogen and oxygen atoms in total. The van der Waals surface area contributed by atoms with Crippen molar-refractivity contribution in [2.45, 2.75) is 24.3 Å². The summed E-state index contributed by atoms with van der Waals surface area (Å²) in [4.78, 5) is 27.8. The van der Waals surface area contributed by atoms with Crippen LogP contribution in [-0.2, 0) is 19.6 Å². The van der Waals surface area contributed by atoms with Crippen LogP contribution in [-0.4, -0.2) is 86.5 Å². The Kier molecular flexibility index (Phi) is 7.93. The minimum atomic E-state index is -3.87. The number of carbonyl (C=O) groups is 1. The molecule has 2 aliphatic heterocycles. The number of halogens is 1. The molecule has 0 saturated carbocycles. The van der Waals surface area contributed by atoms with Crippen molar-refractivity contribution in [1.29, 1.82) is 0 Å². The fraction of sp³-hybridized carbons (Fsp3) is 0.458. The van der Waals surface area contributed by atoms with Gasteiger partial charge >= 0.3 is 0 Å². The molecule has 2 saturated heterocycles. The molecule has 0 aliphatic carbocycles. The summed E-state index contributed by atoms with van der Waals surface area (Å²) < 4.78 is 38.4. The van der Waals surface area contributed by atoms with Gasteiger partial charge in [-0.15, -0.1) is 0 Å². The molecule has 4 rings (SSSR count). The Hall–Kier alpha value is -2.93. The van der Waals surface area contributed by atoms with E-state index in [1.54, 1.807) is 47.9 Å². The highest BCUT2D eigenvalue weighted by Gasteiger charge is 2.37. The number of ether oxygens (including phenoxy) is 2. The maximum absolute atomic E-state index is 13.2. The topological polar surface area (TPSA) is 123 Å². The number of rotatable bonds is 7. The Balaban J connectivity index is 1.46. The third-order valence-corrected chi connectivity index (χ3v) is 8.51. The smallest absolute Gasteiger partial charge is 0.293 e. The number of nitro benzene ring substituents is 1. The number of nitro groups is 1. The van der Waals surface area contributed by atoms with Crippen molar-refractivity contribution in [3.05, 3.63) is 57.6 Å². The Morgan fingerprint density at radius 3 is 2.24 bits per heavy atom. The van der Waals surface area contributed by atoms with Gasteiger partial charge in [0.15, 0.2) is 5.60 Å². The summed E-state index contributed by atoms with van der Waals surface area (Å²) in [5, 5.41) is 12.4. The summed E-state index contributed by atoms with van der Waals surface area (Å²) in [5.41, 5.74) is -1.10. The van der Waals surface area contributed by atoms with E-state index >= 15 is 0 Å². The first-order chi connectivity index (χ1) is 17.5. The number of amides is 1. The number of carbonyl (C=O) groups excluding carboxylic acids is 1. The minimum Gasteiger partial charge on any atom is -0.478 e. The Labute approximate surface area is 220 Å². The first kappa shape index (κ1) is 27.1. The number of nitrogens with zero attached hydrogens (tertiary/aromatic N) is 4. The maximum Gasteiger partial charge on any atom is 0.293 e. The average Bonchev–Trinajstić information content (AvgIpc) is 2.89. The van der Waals surface area contributed by atoms with E-state index in [1.807, 2.05) is 0 Å². The van der Waals surface area contributed by atoms with E-state index in [4.69, 9.17) is 21.1 Å². The zero-order chi connectivity index (χ0) is 26.8. The van der Waals surface area contributed by atoms with Gasteiger partial charge < -0.3 is 19.3 Å². The van der Waals surface area contributed by atoms with Gasteiger partial charge in [0.2, 0.25) is 10.0 Å². The van der Waals surface area contributed by atoms with Crippen LogP contribution in [0.3, 0.4) is 0 Å². The Bertz CT molecular complexity index is 1260. The molecule has 2 aromatic rings. The van der Waals surface area contributed by atoms with E-state index in [2.05, 4.69) is 0 Å². The molecule has 2 fully saturated rings. The van der Waals surface area contributed by atoms with E-state index in [-0.39, 0.29) is 42.8 Å². The van der Waals surface area contributed by atoms with Crippen molar-refractivity contribution in [2.24, 2.45) is 0 Å². The summed E-state index contributed by atoms with van der Waals surface area (Å²) in [6, 6.07) is 10.7. The Morgan fingerprint density at radius 1 is 1.03 bits per heavy atom. The second-order valence-electron chi connectivity index (χ2n) is 9.27. The largest absolute Gasteiger partial charge is 0.478 e. The van der Waals surface area contributed by atoms with Crippen molar-refractivity contribution in [3.63, 3.8) is 0 Å². The van der Waals surface area contributed by atoms with E-state index in [0.29, 0.717) is 42.6 Å². The van der Waals surface area contributed by atoms with Crippen molar-refractivity contribution in [1.82, 2.24) is 9.21 Å². The van der Waals surface area contributed by atoms with Gasteiger partial charge in [-0.2, -0.15) is 4.31 Å². The van der Waals surface area contributed by atoms with Gasteiger partial charge in [-0.05, 0) is 50.2 Å². The zero-order valence-corrected chi connectivity index (χ0v) is 22.2. The van der Waals surface area contributed by atoms with Crippen molar-refractivity contribution < 1.29 is 27.6 Å². The molecule has 1 amide bonds. The molecule has 37 heavy (non-hydrogen) atoms. The molecule has 0 atom stereocenters. The molecular formula is C24H29ClN4O7S. The number of sulfonamides is 1. The lowest BCUT2D eigenvalue weighted by Gasteiger charge is -2.39. The van der Waals surface area contributed by atoms with Crippen LogP contribution in [0, 0.1) is 10.1 Å². The Morgan fingerprint density at radius 2 is 1.65 bits per heavy atom. The second-order valence-corrected chi connectivity index (χ2v) is 11.6. The van der Waals surface area contributed by atoms with Crippen LogP contribution in [0.4, 0.5) is 11.4 Å². The van der Waals surface area contributed by atoms with Crippen molar-refractivity contribution >= 4 is 38.9 Å². The van der Waals surface area contributed by atoms with E-state index < -0.39 is 20.5 Å². The average molecular weight is 553 g/mol. The van der Waals surface area contributed by atoms with Crippen molar-refractivity contribution in [3.8, 4) is 5.75 Å². The lowest BCUT2D eigenvalue weighted by atomic mass is 10.1. The highest BCUT2D eigenvalue weighted by molar-refractivity contribution is 7.89. The summed E-state index contributed by atoms with van der Waals surface area (Å²) in [6.07, 6.45) is 0. The van der Waals surface area contributed by atoms with Gasteiger partial charge in [-0.3, -0.25) is 14.9 Å². The molecule has 0 unspecified atom stereocenters. The van der Waals surface area contributed by atoms with Crippen LogP contribution >= 0.6 is 11.6 Å². The van der Waals surface area contributed by atoms with Gasteiger partial charge in [0.05, 0.1) is 23.0 Å². The predicted octanol–water partition coefficient (Wildman–Crippen LogP) is 2.78.